The van der Waals surface area contributed by atoms with Gasteiger partial charge in [-0.2, -0.15) is 5.26 Å². The maximum atomic E-state index is 9.08. The van der Waals surface area contributed by atoms with E-state index in [1.165, 1.54) is 11.1 Å². The van der Waals surface area contributed by atoms with Crippen molar-refractivity contribution in [2.24, 2.45) is 0 Å². The molecule has 0 radical (unpaired) electrons. The van der Waals surface area contributed by atoms with Gasteiger partial charge in [0.1, 0.15) is 0 Å². The van der Waals surface area contributed by atoms with Gasteiger partial charge in [0.25, 0.3) is 0 Å². The van der Waals surface area contributed by atoms with Crippen molar-refractivity contribution in [1.29, 1.82) is 5.26 Å². The van der Waals surface area contributed by atoms with Gasteiger partial charge in [-0.15, -0.1) is 0 Å². The summed E-state index contributed by atoms with van der Waals surface area (Å²) >= 11 is 0. The lowest BCUT2D eigenvalue weighted by molar-refractivity contribution is 0.687. The molecule has 0 heterocycles. The predicted octanol–water partition coefficient (Wildman–Crippen LogP) is 4.15. The molecule has 1 heteroatoms. The fourth-order valence-corrected chi connectivity index (χ4v) is 1.77. The molecule has 2 aromatic carbocycles. The first-order valence-corrected chi connectivity index (χ1v) is 5.71. The number of hydrogen-bond acceptors (Lipinski definition) is 1. The summed E-state index contributed by atoms with van der Waals surface area (Å²) in [6, 6.07) is 20.8. The standard InChI is InChI=1S/C16H15N/c1-16(2,12-17)15-10-8-14(9-11-15)13-6-4-3-5-7-13/h3-11H,1-2H3. The molecule has 17 heavy (non-hydrogen) atoms. The van der Waals surface area contributed by atoms with Crippen molar-refractivity contribution < 1.29 is 0 Å². The molecule has 0 unspecified atom stereocenters. The smallest absolute Gasteiger partial charge is 0.0766 e. The fourth-order valence-electron chi connectivity index (χ4n) is 1.77. The minimum absolute atomic E-state index is 0.421. The molecule has 2 aromatic rings. The van der Waals surface area contributed by atoms with E-state index in [-0.39, 0.29) is 0 Å². The van der Waals surface area contributed by atoms with Crippen molar-refractivity contribution in [1.82, 2.24) is 0 Å². The molecule has 2 rings (SSSR count). The molecule has 0 aliphatic heterocycles. The van der Waals surface area contributed by atoms with Crippen molar-refractivity contribution in [3.63, 3.8) is 0 Å². The van der Waals surface area contributed by atoms with E-state index in [0.29, 0.717) is 0 Å². The molecule has 0 fully saturated rings. The Labute approximate surface area is 102 Å². The molecule has 84 valence electrons. The zero-order chi connectivity index (χ0) is 12.3. The highest BCUT2D eigenvalue weighted by molar-refractivity contribution is 5.63. The molecule has 0 spiro atoms. The molecule has 0 aliphatic rings. The average molecular weight is 221 g/mol. The van der Waals surface area contributed by atoms with Crippen LogP contribution in [0.1, 0.15) is 19.4 Å². The van der Waals surface area contributed by atoms with Gasteiger partial charge in [-0.1, -0.05) is 54.6 Å². The lowest BCUT2D eigenvalue weighted by atomic mass is 9.85. The van der Waals surface area contributed by atoms with Gasteiger partial charge in [0, 0.05) is 0 Å². The molecular weight excluding hydrogens is 206 g/mol. The summed E-state index contributed by atoms with van der Waals surface area (Å²) in [4.78, 5) is 0. The summed E-state index contributed by atoms with van der Waals surface area (Å²) < 4.78 is 0. The molecule has 0 N–H and O–H groups in total. The van der Waals surface area contributed by atoms with Crippen molar-refractivity contribution in [2.75, 3.05) is 0 Å². The van der Waals surface area contributed by atoms with Crippen LogP contribution in [0.2, 0.25) is 0 Å². The molecule has 0 saturated heterocycles. The van der Waals surface area contributed by atoms with E-state index in [2.05, 4.69) is 30.3 Å². The second kappa shape index (κ2) is 4.43. The van der Waals surface area contributed by atoms with Crippen LogP contribution in [0.5, 0.6) is 0 Å². The first-order valence-electron chi connectivity index (χ1n) is 5.71. The van der Waals surface area contributed by atoms with Gasteiger partial charge < -0.3 is 0 Å². The van der Waals surface area contributed by atoms with Crippen LogP contribution >= 0.6 is 0 Å². The number of benzene rings is 2. The van der Waals surface area contributed by atoms with Crippen LogP contribution in [0.3, 0.4) is 0 Å². The Morgan fingerprint density at radius 1 is 0.824 bits per heavy atom. The summed E-state index contributed by atoms with van der Waals surface area (Å²) in [6.45, 7) is 3.87. The summed E-state index contributed by atoms with van der Waals surface area (Å²) in [7, 11) is 0. The lowest BCUT2D eigenvalue weighted by Gasteiger charge is -2.16. The van der Waals surface area contributed by atoms with E-state index in [0.717, 1.165) is 5.56 Å². The van der Waals surface area contributed by atoms with Crippen LogP contribution in [0.4, 0.5) is 0 Å². The van der Waals surface area contributed by atoms with E-state index >= 15 is 0 Å². The summed E-state index contributed by atoms with van der Waals surface area (Å²) in [5.74, 6) is 0. The average Bonchev–Trinajstić information content (AvgIpc) is 2.40. The summed E-state index contributed by atoms with van der Waals surface area (Å²) in [5.41, 5.74) is 3.02. The van der Waals surface area contributed by atoms with Crippen LogP contribution in [0.15, 0.2) is 54.6 Å². The first-order chi connectivity index (χ1) is 8.13. The molecule has 0 atom stereocenters. The molecule has 0 bridgehead atoms. The third-order valence-corrected chi connectivity index (χ3v) is 2.99. The van der Waals surface area contributed by atoms with Crippen LogP contribution in [0, 0.1) is 11.3 Å². The van der Waals surface area contributed by atoms with Crippen LogP contribution in [-0.2, 0) is 5.41 Å². The monoisotopic (exact) mass is 221 g/mol. The van der Waals surface area contributed by atoms with E-state index in [9.17, 15) is 0 Å². The number of nitrogens with zero attached hydrogens (tertiary/aromatic N) is 1. The molecular formula is C16H15N. The van der Waals surface area contributed by atoms with Gasteiger partial charge in [-0.05, 0) is 30.5 Å². The zero-order valence-corrected chi connectivity index (χ0v) is 10.1. The molecule has 0 amide bonds. The highest BCUT2D eigenvalue weighted by Gasteiger charge is 2.19. The fraction of sp³-hybridized carbons (Fsp3) is 0.188. The first kappa shape index (κ1) is 11.4. The SMILES string of the molecule is CC(C)(C#N)c1ccc(-c2ccccc2)cc1. The minimum Gasteiger partial charge on any atom is -0.197 e. The molecule has 0 aromatic heterocycles. The van der Waals surface area contributed by atoms with Gasteiger partial charge >= 0.3 is 0 Å². The number of rotatable bonds is 2. The Kier molecular flexibility index (Phi) is 2.97. The quantitative estimate of drug-likeness (QED) is 0.747. The minimum atomic E-state index is -0.421. The molecule has 0 aliphatic carbocycles. The lowest BCUT2D eigenvalue weighted by Crippen LogP contribution is -2.13. The Morgan fingerprint density at radius 3 is 1.88 bits per heavy atom. The molecule has 1 nitrogen and oxygen atoms in total. The van der Waals surface area contributed by atoms with Crippen molar-refractivity contribution in [3.05, 3.63) is 60.2 Å². The Bertz CT molecular complexity index is 530. The number of hydrogen-bond donors (Lipinski definition) is 0. The predicted molar refractivity (Wildman–Crippen MR) is 70.5 cm³/mol. The largest absolute Gasteiger partial charge is 0.197 e. The van der Waals surface area contributed by atoms with Crippen LogP contribution in [-0.4, -0.2) is 0 Å². The zero-order valence-electron chi connectivity index (χ0n) is 10.1. The van der Waals surface area contributed by atoms with Gasteiger partial charge in [-0.25, -0.2) is 0 Å². The Balaban J connectivity index is 2.35. The van der Waals surface area contributed by atoms with Crippen molar-refractivity contribution in [2.45, 2.75) is 19.3 Å². The van der Waals surface area contributed by atoms with Gasteiger partial charge in [0.15, 0.2) is 0 Å². The number of nitriles is 1. The van der Waals surface area contributed by atoms with Crippen LogP contribution < -0.4 is 0 Å². The van der Waals surface area contributed by atoms with Crippen molar-refractivity contribution in [3.8, 4) is 17.2 Å². The van der Waals surface area contributed by atoms with Gasteiger partial charge in [-0.3, -0.25) is 0 Å². The highest BCUT2D eigenvalue weighted by atomic mass is 14.3. The highest BCUT2D eigenvalue weighted by Crippen LogP contribution is 2.25. The molecule has 0 saturated carbocycles. The maximum absolute atomic E-state index is 9.08. The van der Waals surface area contributed by atoms with Gasteiger partial charge in [0.05, 0.1) is 11.5 Å². The third kappa shape index (κ3) is 2.37. The van der Waals surface area contributed by atoms with Crippen molar-refractivity contribution >= 4 is 0 Å². The normalized spacial score (nSPS) is 10.9. The van der Waals surface area contributed by atoms with E-state index in [4.69, 9.17) is 5.26 Å². The van der Waals surface area contributed by atoms with Crippen LogP contribution in [0.25, 0.3) is 11.1 Å². The van der Waals surface area contributed by atoms with E-state index in [1.54, 1.807) is 0 Å². The third-order valence-electron chi connectivity index (χ3n) is 2.99. The van der Waals surface area contributed by atoms with E-state index < -0.39 is 5.41 Å². The Hall–Kier alpha value is -2.07. The van der Waals surface area contributed by atoms with E-state index in [1.807, 2.05) is 44.2 Å². The second-order valence-corrected chi connectivity index (χ2v) is 4.68. The van der Waals surface area contributed by atoms with Gasteiger partial charge in [0.2, 0.25) is 0 Å². The summed E-state index contributed by atoms with van der Waals surface area (Å²) in [5, 5.41) is 9.08. The maximum Gasteiger partial charge on any atom is 0.0766 e. The Morgan fingerprint density at radius 2 is 1.35 bits per heavy atom. The topological polar surface area (TPSA) is 23.8 Å². The summed E-state index contributed by atoms with van der Waals surface area (Å²) in [6.07, 6.45) is 0. The second-order valence-electron chi connectivity index (χ2n) is 4.68.